The number of carbonyl (C=O) groups is 2. The van der Waals surface area contributed by atoms with Crippen LogP contribution < -0.4 is 10.6 Å². The number of nitrogens with one attached hydrogen (secondary N) is 2. The van der Waals surface area contributed by atoms with E-state index in [1.165, 1.54) is 11.8 Å². The van der Waals surface area contributed by atoms with Gasteiger partial charge in [0.1, 0.15) is 0 Å². The lowest BCUT2D eigenvalue weighted by Crippen LogP contribution is -2.22. The van der Waals surface area contributed by atoms with Crippen LogP contribution in [0.1, 0.15) is 33.1 Å². The number of aromatic nitrogens is 1. The highest BCUT2D eigenvalue weighted by molar-refractivity contribution is 8.00. The quantitative estimate of drug-likeness (QED) is 0.690. The molecule has 0 spiro atoms. The molecule has 0 saturated heterocycles. The van der Waals surface area contributed by atoms with E-state index in [0.29, 0.717) is 6.42 Å². The number of amides is 2. The van der Waals surface area contributed by atoms with Gasteiger partial charge in [0.15, 0.2) is 0 Å². The summed E-state index contributed by atoms with van der Waals surface area (Å²) < 4.78 is 0. The Bertz CT molecular complexity index is 690. The molecule has 0 radical (unpaired) electrons. The Kier molecular flexibility index (Phi) is 7.47. The normalized spacial score (nSPS) is 11.6. The molecule has 0 aliphatic rings. The summed E-state index contributed by atoms with van der Waals surface area (Å²) in [6, 6.07) is 11.1. The Morgan fingerprint density at radius 1 is 1.04 bits per heavy atom. The molecule has 1 atom stereocenters. The molecular weight excluding hydrogens is 334 g/mol. The average molecular weight is 357 g/mol. The second kappa shape index (κ2) is 9.84. The number of hydrogen-bond donors (Lipinski definition) is 2. The third-order valence-corrected chi connectivity index (χ3v) is 4.64. The van der Waals surface area contributed by atoms with Crippen LogP contribution in [0.2, 0.25) is 0 Å². The predicted octanol–water partition coefficient (Wildman–Crippen LogP) is 4.33. The summed E-state index contributed by atoms with van der Waals surface area (Å²) in [6.45, 7) is 3.92. The maximum atomic E-state index is 12.2. The van der Waals surface area contributed by atoms with E-state index in [9.17, 15) is 9.59 Å². The van der Waals surface area contributed by atoms with Crippen molar-refractivity contribution >= 4 is 35.0 Å². The molecule has 1 heterocycles. The lowest BCUT2D eigenvalue weighted by molar-refractivity contribution is -0.116. The molecule has 2 amide bonds. The number of pyridine rings is 1. The fraction of sp³-hybridized carbons (Fsp3) is 0.316. The van der Waals surface area contributed by atoms with Gasteiger partial charge in [-0.25, -0.2) is 0 Å². The van der Waals surface area contributed by atoms with Gasteiger partial charge in [0.05, 0.1) is 5.25 Å². The number of hydrogen-bond acceptors (Lipinski definition) is 4. The van der Waals surface area contributed by atoms with Crippen molar-refractivity contribution in [2.75, 3.05) is 10.6 Å². The Labute approximate surface area is 152 Å². The summed E-state index contributed by atoms with van der Waals surface area (Å²) in [5.41, 5.74) is 1.51. The van der Waals surface area contributed by atoms with E-state index < -0.39 is 0 Å². The minimum atomic E-state index is -0.238. The minimum Gasteiger partial charge on any atom is -0.326 e. The maximum absolute atomic E-state index is 12.2. The van der Waals surface area contributed by atoms with Crippen molar-refractivity contribution in [1.29, 1.82) is 0 Å². The van der Waals surface area contributed by atoms with E-state index in [2.05, 4.69) is 22.5 Å². The van der Waals surface area contributed by atoms with Gasteiger partial charge >= 0.3 is 0 Å². The second-order valence-corrected chi connectivity index (χ2v) is 7.08. The molecule has 0 fully saturated rings. The van der Waals surface area contributed by atoms with Crippen LogP contribution in [-0.2, 0) is 9.59 Å². The van der Waals surface area contributed by atoms with Gasteiger partial charge in [-0.1, -0.05) is 13.3 Å². The minimum absolute atomic E-state index is 0.0346. The van der Waals surface area contributed by atoms with Gasteiger partial charge in [0.2, 0.25) is 11.8 Å². The monoisotopic (exact) mass is 357 g/mol. The molecule has 0 saturated carbocycles. The summed E-state index contributed by atoms with van der Waals surface area (Å²) in [5, 5.41) is 5.50. The molecule has 0 aliphatic carbocycles. The standard InChI is InChI=1S/C19H23N3O2S/c1-3-4-5-18(23)21-15-6-8-17(9-7-15)25-14(2)19(24)22-16-10-12-20-13-11-16/h6-14H,3-5H2,1-2H3,(H,21,23)(H,20,22,24). The van der Waals surface area contributed by atoms with Crippen molar-refractivity contribution in [3.05, 3.63) is 48.8 Å². The first-order valence-electron chi connectivity index (χ1n) is 8.36. The number of benzene rings is 1. The third-order valence-electron chi connectivity index (χ3n) is 3.53. The number of carbonyl (C=O) groups excluding carboxylic acids is 2. The molecule has 6 heteroatoms. The van der Waals surface area contributed by atoms with Crippen LogP contribution in [0.5, 0.6) is 0 Å². The zero-order valence-corrected chi connectivity index (χ0v) is 15.3. The van der Waals surface area contributed by atoms with E-state index in [-0.39, 0.29) is 17.1 Å². The van der Waals surface area contributed by atoms with Crippen LogP contribution in [0.4, 0.5) is 11.4 Å². The lowest BCUT2D eigenvalue weighted by Gasteiger charge is -2.12. The van der Waals surface area contributed by atoms with Crippen LogP contribution in [-0.4, -0.2) is 22.0 Å². The molecule has 2 rings (SSSR count). The van der Waals surface area contributed by atoms with Crippen LogP contribution in [0.3, 0.4) is 0 Å². The smallest absolute Gasteiger partial charge is 0.237 e. The number of unbranched alkanes of at least 4 members (excludes halogenated alkanes) is 1. The van der Waals surface area contributed by atoms with Crippen molar-refractivity contribution in [2.24, 2.45) is 0 Å². The molecule has 25 heavy (non-hydrogen) atoms. The maximum Gasteiger partial charge on any atom is 0.237 e. The molecule has 1 aromatic carbocycles. The third kappa shape index (κ3) is 6.58. The van der Waals surface area contributed by atoms with Gasteiger partial charge in [0.25, 0.3) is 0 Å². The van der Waals surface area contributed by atoms with Crippen LogP contribution in [0, 0.1) is 0 Å². The van der Waals surface area contributed by atoms with Crippen molar-refractivity contribution < 1.29 is 9.59 Å². The van der Waals surface area contributed by atoms with Gasteiger partial charge in [-0.15, -0.1) is 11.8 Å². The van der Waals surface area contributed by atoms with Crippen molar-refractivity contribution in [3.8, 4) is 0 Å². The zero-order chi connectivity index (χ0) is 18.1. The van der Waals surface area contributed by atoms with Crippen molar-refractivity contribution in [2.45, 2.75) is 43.3 Å². The summed E-state index contributed by atoms with van der Waals surface area (Å²) in [4.78, 5) is 28.8. The molecule has 2 aromatic rings. The number of rotatable bonds is 8. The summed E-state index contributed by atoms with van der Waals surface area (Å²) in [7, 11) is 0. The Hall–Kier alpha value is -2.34. The van der Waals surface area contributed by atoms with Gasteiger partial charge in [0, 0.05) is 35.1 Å². The van der Waals surface area contributed by atoms with E-state index in [4.69, 9.17) is 0 Å². The molecule has 2 N–H and O–H groups in total. The molecule has 0 aliphatic heterocycles. The molecule has 0 bridgehead atoms. The summed E-state index contributed by atoms with van der Waals surface area (Å²) >= 11 is 1.47. The van der Waals surface area contributed by atoms with Gasteiger partial charge in [-0.05, 0) is 49.7 Å². The van der Waals surface area contributed by atoms with Crippen LogP contribution in [0.25, 0.3) is 0 Å². The molecule has 5 nitrogen and oxygen atoms in total. The second-order valence-electron chi connectivity index (χ2n) is 5.66. The first kappa shape index (κ1) is 19.0. The highest BCUT2D eigenvalue weighted by atomic mass is 32.2. The molecule has 132 valence electrons. The van der Waals surface area contributed by atoms with Crippen LogP contribution >= 0.6 is 11.8 Å². The lowest BCUT2D eigenvalue weighted by atomic mass is 10.2. The highest BCUT2D eigenvalue weighted by Gasteiger charge is 2.14. The van der Waals surface area contributed by atoms with Gasteiger partial charge in [-0.3, -0.25) is 14.6 Å². The van der Waals surface area contributed by atoms with E-state index in [1.807, 2.05) is 31.2 Å². The highest BCUT2D eigenvalue weighted by Crippen LogP contribution is 2.25. The van der Waals surface area contributed by atoms with Gasteiger partial charge < -0.3 is 10.6 Å². The first-order valence-corrected chi connectivity index (χ1v) is 9.24. The van der Waals surface area contributed by atoms with Crippen LogP contribution in [0.15, 0.2) is 53.7 Å². The topological polar surface area (TPSA) is 71.1 Å². The Morgan fingerprint density at radius 3 is 2.32 bits per heavy atom. The van der Waals surface area contributed by atoms with Crippen molar-refractivity contribution in [3.63, 3.8) is 0 Å². The fourth-order valence-corrected chi connectivity index (χ4v) is 2.98. The van der Waals surface area contributed by atoms with Crippen molar-refractivity contribution in [1.82, 2.24) is 4.98 Å². The van der Waals surface area contributed by atoms with E-state index in [1.54, 1.807) is 24.5 Å². The molecule has 1 aromatic heterocycles. The Balaban J connectivity index is 1.85. The first-order chi connectivity index (χ1) is 12.1. The zero-order valence-electron chi connectivity index (χ0n) is 14.5. The molecule has 1 unspecified atom stereocenters. The SMILES string of the molecule is CCCCC(=O)Nc1ccc(SC(C)C(=O)Nc2ccncc2)cc1. The van der Waals surface area contributed by atoms with Gasteiger partial charge in [-0.2, -0.15) is 0 Å². The summed E-state index contributed by atoms with van der Waals surface area (Å²) in [5.74, 6) is -0.0273. The summed E-state index contributed by atoms with van der Waals surface area (Å²) in [6.07, 6.45) is 5.72. The molecular formula is C19H23N3O2S. The number of anilines is 2. The predicted molar refractivity (Wildman–Crippen MR) is 103 cm³/mol. The largest absolute Gasteiger partial charge is 0.326 e. The Morgan fingerprint density at radius 2 is 1.68 bits per heavy atom. The van der Waals surface area contributed by atoms with E-state index in [0.717, 1.165) is 29.1 Å². The average Bonchev–Trinajstić information content (AvgIpc) is 2.62. The fourth-order valence-electron chi connectivity index (χ4n) is 2.11. The number of thioether (sulfide) groups is 1. The van der Waals surface area contributed by atoms with E-state index >= 15 is 0 Å². The number of nitrogens with zero attached hydrogens (tertiary/aromatic N) is 1.